The zero-order valence-electron chi connectivity index (χ0n) is 16.7. The maximum absolute atomic E-state index is 15.4. The van der Waals surface area contributed by atoms with Crippen LogP contribution in [0.25, 0.3) is 0 Å². The first-order valence-electron chi connectivity index (χ1n) is 9.36. The molecule has 2 aromatic rings. The standard InChI is InChI=1S/C22H25BF2O2/c1-19(2)15-9-7-8-10-17(15)22(24,25)18-13-14(11-12-16(18)19)23-26-20(3,4)21(5,6)27-23/h7-13H,1-6H3. The zero-order chi connectivity index (χ0) is 19.8. The molecule has 4 rings (SSSR count). The Balaban J connectivity index is 1.84. The third kappa shape index (κ3) is 2.51. The lowest BCUT2D eigenvalue weighted by atomic mass is 9.65. The van der Waals surface area contributed by atoms with Crippen LogP contribution in [0.3, 0.4) is 0 Å². The van der Waals surface area contributed by atoms with Crippen molar-refractivity contribution in [3.05, 3.63) is 64.7 Å². The van der Waals surface area contributed by atoms with Crippen molar-refractivity contribution in [2.75, 3.05) is 0 Å². The van der Waals surface area contributed by atoms with Crippen molar-refractivity contribution in [1.82, 2.24) is 0 Å². The van der Waals surface area contributed by atoms with Crippen molar-refractivity contribution in [1.29, 1.82) is 0 Å². The van der Waals surface area contributed by atoms with Crippen LogP contribution in [0.15, 0.2) is 42.5 Å². The normalized spacial score (nSPS) is 23.6. The summed E-state index contributed by atoms with van der Waals surface area (Å²) < 4.78 is 43.0. The molecule has 5 heteroatoms. The molecule has 1 saturated heterocycles. The second-order valence-electron chi connectivity index (χ2n) is 9.14. The largest absolute Gasteiger partial charge is 0.494 e. The van der Waals surface area contributed by atoms with Crippen LogP contribution >= 0.6 is 0 Å². The summed E-state index contributed by atoms with van der Waals surface area (Å²) in [5, 5.41) is 0. The highest BCUT2D eigenvalue weighted by atomic mass is 19.3. The lowest BCUT2D eigenvalue weighted by Gasteiger charge is -2.39. The molecule has 0 atom stereocenters. The van der Waals surface area contributed by atoms with Gasteiger partial charge in [-0.15, -0.1) is 0 Å². The van der Waals surface area contributed by atoms with Gasteiger partial charge in [-0.3, -0.25) is 0 Å². The average Bonchev–Trinajstić information content (AvgIpc) is 2.81. The monoisotopic (exact) mass is 370 g/mol. The van der Waals surface area contributed by atoms with Crippen molar-refractivity contribution in [3.63, 3.8) is 0 Å². The van der Waals surface area contributed by atoms with E-state index in [1.165, 1.54) is 6.07 Å². The molecular formula is C22H25BF2O2. The van der Waals surface area contributed by atoms with Crippen LogP contribution in [0.1, 0.15) is 63.8 Å². The molecule has 0 N–H and O–H groups in total. The van der Waals surface area contributed by atoms with Gasteiger partial charge in [-0.05, 0) is 44.3 Å². The van der Waals surface area contributed by atoms with Gasteiger partial charge >= 0.3 is 7.12 Å². The molecule has 1 heterocycles. The number of hydrogen-bond acceptors (Lipinski definition) is 2. The molecule has 1 aliphatic heterocycles. The molecule has 1 fully saturated rings. The summed E-state index contributed by atoms with van der Waals surface area (Å²) in [5.41, 5.74) is 0.540. The Kier molecular flexibility index (Phi) is 3.74. The van der Waals surface area contributed by atoms with Gasteiger partial charge in [0.05, 0.1) is 11.2 Å². The van der Waals surface area contributed by atoms with Crippen molar-refractivity contribution < 1.29 is 18.1 Å². The second-order valence-corrected chi connectivity index (χ2v) is 9.14. The van der Waals surface area contributed by atoms with E-state index in [4.69, 9.17) is 9.31 Å². The van der Waals surface area contributed by atoms with E-state index in [1.807, 2.05) is 53.7 Å². The number of fused-ring (bicyclic) bond motifs is 2. The molecular weight excluding hydrogens is 345 g/mol. The van der Waals surface area contributed by atoms with Gasteiger partial charge in [-0.2, -0.15) is 8.78 Å². The summed E-state index contributed by atoms with van der Waals surface area (Å²) in [7, 11) is -0.656. The van der Waals surface area contributed by atoms with E-state index in [2.05, 4.69) is 0 Å². The maximum Gasteiger partial charge on any atom is 0.494 e. The SMILES string of the molecule is CC1(C)c2ccccc2C(F)(F)c2cc(B3OC(C)(C)C(C)(C)O3)ccc21. The third-order valence-corrected chi connectivity index (χ3v) is 6.52. The topological polar surface area (TPSA) is 18.5 Å². The van der Waals surface area contributed by atoms with Gasteiger partial charge < -0.3 is 9.31 Å². The highest BCUT2D eigenvalue weighted by Crippen LogP contribution is 2.51. The lowest BCUT2D eigenvalue weighted by molar-refractivity contribution is 0.00578. The van der Waals surface area contributed by atoms with E-state index in [1.54, 1.807) is 24.3 Å². The van der Waals surface area contributed by atoms with Crippen LogP contribution in [0.5, 0.6) is 0 Å². The predicted molar refractivity (Wildman–Crippen MR) is 104 cm³/mol. The van der Waals surface area contributed by atoms with E-state index in [0.29, 0.717) is 16.6 Å². The van der Waals surface area contributed by atoms with Crippen molar-refractivity contribution in [3.8, 4) is 0 Å². The predicted octanol–water partition coefficient (Wildman–Crippen LogP) is 4.77. The molecule has 2 aromatic carbocycles. The second kappa shape index (κ2) is 5.42. The average molecular weight is 370 g/mol. The van der Waals surface area contributed by atoms with Gasteiger partial charge in [0.2, 0.25) is 0 Å². The van der Waals surface area contributed by atoms with Crippen LogP contribution in [0.4, 0.5) is 8.78 Å². The summed E-state index contributed by atoms with van der Waals surface area (Å²) in [6.45, 7) is 11.8. The molecule has 0 radical (unpaired) electrons. The first kappa shape index (κ1) is 18.6. The molecule has 0 saturated carbocycles. The minimum atomic E-state index is -3.05. The number of rotatable bonds is 1. The summed E-state index contributed by atoms with van der Waals surface area (Å²) >= 11 is 0. The Morgan fingerprint density at radius 1 is 0.704 bits per heavy atom. The molecule has 1 aliphatic carbocycles. The molecule has 27 heavy (non-hydrogen) atoms. The fourth-order valence-corrected chi connectivity index (χ4v) is 4.08. The number of alkyl halides is 2. The molecule has 142 valence electrons. The fourth-order valence-electron chi connectivity index (χ4n) is 4.08. The summed E-state index contributed by atoms with van der Waals surface area (Å²) in [6.07, 6.45) is 0. The van der Waals surface area contributed by atoms with Gasteiger partial charge in [-0.1, -0.05) is 56.3 Å². The first-order chi connectivity index (χ1) is 12.4. The van der Waals surface area contributed by atoms with Crippen LogP contribution in [0.2, 0.25) is 0 Å². The minimum Gasteiger partial charge on any atom is -0.399 e. The third-order valence-electron chi connectivity index (χ3n) is 6.52. The molecule has 0 amide bonds. The molecule has 0 unspecified atom stereocenters. The summed E-state index contributed by atoms with van der Waals surface area (Å²) in [6, 6.07) is 12.0. The van der Waals surface area contributed by atoms with Crippen molar-refractivity contribution in [2.24, 2.45) is 0 Å². The zero-order valence-corrected chi connectivity index (χ0v) is 16.7. The summed E-state index contributed by atoms with van der Waals surface area (Å²) in [4.78, 5) is 0. The lowest BCUT2D eigenvalue weighted by Crippen LogP contribution is -2.41. The number of benzene rings is 2. The number of halogens is 2. The Labute approximate surface area is 160 Å². The molecule has 2 aliphatic rings. The van der Waals surface area contributed by atoms with Gasteiger partial charge in [-0.25, -0.2) is 0 Å². The fraction of sp³-hybridized carbons (Fsp3) is 0.455. The van der Waals surface area contributed by atoms with Gasteiger partial charge in [0, 0.05) is 16.5 Å². The van der Waals surface area contributed by atoms with Crippen LogP contribution in [-0.2, 0) is 20.6 Å². The van der Waals surface area contributed by atoms with E-state index >= 15 is 8.78 Å². The highest BCUT2D eigenvalue weighted by molar-refractivity contribution is 6.62. The minimum absolute atomic E-state index is 0.0402. The van der Waals surface area contributed by atoms with Gasteiger partial charge in [0.25, 0.3) is 5.92 Å². The molecule has 0 bridgehead atoms. The van der Waals surface area contributed by atoms with Gasteiger partial charge in [0.15, 0.2) is 0 Å². The first-order valence-corrected chi connectivity index (χ1v) is 9.36. The van der Waals surface area contributed by atoms with Gasteiger partial charge in [0.1, 0.15) is 0 Å². The van der Waals surface area contributed by atoms with E-state index in [-0.39, 0.29) is 11.1 Å². The Morgan fingerprint density at radius 2 is 1.22 bits per heavy atom. The van der Waals surface area contributed by atoms with Crippen LogP contribution in [0, 0.1) is 0 Å². The molecule has 0 aromatic heterocycles. The quantitative estimate of drug-likeness (QED) is 0.674. The van der Waals surface area contributed by atoms with Crippen molar-refractivity contribution >= 4 is 12.6 Å². The Hall–Kier alpha value is -1.72. The van der Waals surface area contributed by atoms with Crippen LogP contribution in [-0.4, -0.2) is 18.3 Å². The van der Waals surface area contributed by atoms with E-state index in [0.717, 1.165) is 0 Å². The number of hydrogen-bond donors (Lipinski definition) is 0. The van der Waals surface area contributed by atoms with E-state index < -0.39 is 29.7 Å². The molecule has 2 nitrogen and oxygen atoms in total. The molecule has 0 spiro atoms. The Bertz CT molecular complexity index is 902. The Morgan fingerprint density at radius 3 is 1.81 bits per heavy atom. The summed E-state index contributed by atoms with van der Waals surface area (Å²) in [5.74, 6) is -3.05. The highest BCUT2D eigenvalue weighted by Gasteiger charge is 2.53. The van der Waals surface area contributed by atoms with E-state index in [9.17, 15) is 0 Å². The maximum atomic E-state index is 15.4. The van der Waals surface area contributed by atoms with Crippen LogP contribution < -0.4 is 5.46 Å². The smallest absolute Gasteiger partial charge is 0.399 e. The van der Waals surface area contributed by atoms with Crippen molar-refractivity contribution in [2.45, 2.75) is 64.1 Å².